The van der Waals surface area contributed by atoms with E-state index in [1.165, 1.54) is 22.3 Å². The smallest absolute Gasteiger partial charge is 0.0257 e. The van der Waals surface area contributed by atoms with Gasteiger partial charge in [-0.1, -0.05) is 97.8 Å². The van der Waals surface area contributed by atoms with Crippen LogP contribution < -0.4 is 0 Å². The first kappa shape index (κ1) is 18.0. The molecule has 2 aromatic rings. The van der Waals surface area contributed by atoms with Gasteiger partial charge in [-0.2, -0.15) is 0 Å². The Morgan fingerprint density at radius 2 is 0.955 bits per heavy atom. The van der Waals surface area contributed by atoms with Gasteiger partial charge in [-0.15, -0.1) is 0 Å². The summed E-state index contributed by atoms with van der Waals surface area (Å²) in [7, 11) is 0. The number of rotatable bonds is 4. The van der Waals surface area contributed by atoms with E-state index in [2.05, 4.69) is 88.4 Å². The van der Waals surface area contributed by atoms with Gasteiger partial charge in [0.25, 0.3) is 0 Å². The van der Waals surface area contributed by atoms with Crippen molar-refractivity contribution >= 4 is 12.2 Å². The molecule has 2 rings (SSSR count). The normalized spacial score (nSPS) is 11.6. The molecule has 0 saturated heterocycles. The molecular formula is C22H28. The van der Waals surface area contributed by atoms with Gasteiger partial charge in [0.1, 0.15) is 0 Å². The largest absolute Gasteiger partial charge is 0.0730 e. The molecule has 0 radical (unpaired) electrons. The second kappa shape index (κ2) is 10.6. The Morgan fingerprint density at radius 1 is 0.636 bits per heavy atom. The molecule has 0 saturated carbocycles. The van der Waals surface area contributed by atoms with Crippen LogP contribution in [0.2, 0.25) is 0 Å². The minimum absolute atomic E-state index is 1.13. The number of hydrogen-bond acceptors (Lipinski definition) is 0. The fourth-order valence-corrected chi connectivity index (χ4v) is 1.87. The highest BCUT2D eigenvalue weighted by atomic mass is 13.9. The van der Waals surface area contributed by atoms with Gasteiger partial charge >= 0.3 is 0 Å². The monoisotopic (exact) mass is 292 g/mol. The van der Waals surface area contributed by atoms with Crippen molar-refractivity contribution in [1.29, 1.82) is 0 Å². The van der Waals surface area contributed by atoms with E-state index in [1.54, 1.807) is 0 Å². The maximum Gasteiger partial charge on any atom is -0.0257 e. The lowest BCUT2D eigenvalue weighted by Gasteiger charge is -1.95. The molecule has 0 spiro atoms. The third kappa shape index (κ3) is 7.64. The van der Waals surface area contributed by atoms with Gasteiger partial charge in [0.2, 0.25) is 0 Å². The predicted molar refractivity (Wildman–Crippen MR) is 101 cm³/mol. The van der Waals surface area contributed by atoms with Crippen LogP contribution in [0.3, 0.4) is 0 Å². The van der Waals surface area contributed by atoms with Gasteiger partial charge in [-0.3, -0.25) is 0 Å². The van der Waals surface area contributed by atoms with Gasteiger partial charge in [0.05, 0.1) is 0 Å². The fourth-order valence-electron chi connectivity index (χ4n) is 1.87. The van der Waals surface area contributed by atoms with Gasteiger partial charge < -0.3 is 0 Å². The van der Waals surface area contributed by atoms with Crippen molar-refractivity contribution in [2.75, 3.05) is 0 Å². The van der Waals surface area contributed by atoms with Crippen LogP contribution >= 0.6 is 0 Å². The summed E-state index contributed by atoms with van der Waals surface area (Å²) in [6, 6.07) is 20.8. The molecule has 0 N–H and O–H groups in total. The first-order chi connectivity index (χ1) is 10.7. The van der Waals surface area contributed by atoms with Crippen molar-refractivity contribution in [2.24, 2.45) is 0 Å². The van der Waals surface area contributed by atoms with Crippen LogP contribution in [0.4, 0.5) is 0 Å². The minimum Gasteiger partial charge on any atom is -0.0730 e. The van der Waals surface area contributed by atoms with E-state index in [4.69, 9.17) is 0 Å². The molecule has 0 nitrogen and oxygen atoms in total. The van der Waals surface area contributed by atoms with Gasteiger partial charge in [0.15, 0.2) is 0 Å². The van der Waals surface area contributed by atoms with Crippen LogP contribution in [-0.4, -0.2) is 0 Å². The Kier molecular flexibility index (Phi) is 8.67. The van der Waals surface area contributed by atoms with E-state index >= 15 is 0 Å². The van der Waals surface area contributed by atoms with Crippen LogP contribution in [0.1, 0.15) is 51.7 Å². The molecule has 0 amide bonds. The molecule has 0 aliphatic heterocycles. The minimum atomic E-state index is 1.13. The topological polar surface area (TPSA) is 0 Å². The molecule has 0 heteroatoms. The highest BCUT2D eigenvalue weighted by Gasteiger charge is 1.86. The lowest BCUT2D eigenvalue weighted by atomic mass is 10.1. The number of hydrogen-bond donors (Lipinski definition) is 0. The third-order valence-corrected chi connectivity index (χ3v) is 3.54. The highest BCUT2D eigenvalue weighted by Crippen LogP contribution is 2.08. The second-order valence-electron chi connectivity index (χ2n) is 5.51. The Balaban J connectivity index is 0.000000220. The summed E-state index contributed by atoms with van der Waals surface area (Å²) in [5.41, 5.74) is 5.45. The summed E-state index contributed by atoms with van der Waals surface area (Å²) in [5.74, 6) is 0. The SMILES string of the molecule is CC/C(C)=C/c1ccccc1.CC/C(C)=C/c1ccccc1. The third-order valence-electron chi connectivity index (χ3n) is 3.54. The second-order valence-corrected chi connectivity index (χ2v) is 5.51. The summed E-state index contributed by atoms with van der Waals surface area (Å²) in [5, 5.41) is 0. The predicted octanol–water partition coefficient (Wildman–Crippen LogP) is 7.00. The van der Waals surface area contributed by atoms with Crippen molar-refractivity contribution < 1.29 is 0 Å². The van der Waals surface area contributed by atoms with Gasteiger partial charge in [-0.25, -0.2) is 0 Å². The van der Waals surface area contributed by atoms with E-state index in [0.717, 1.165) is 12.8 Å². The molecular weight excluding hydrogens is 264 g/mol. The summed E-state index contributed by atoms with van der Waals surface area (Å²) >= 11 is 0. The highest BCUT2D eigenvalue weighted by molar-refractivity contribution is 5.52. The molecule has 22 heavy (non-hydrogen) atoms. The van der Waals surface area contributed by atoms with Crippen LogP contribution in [-0.2, 0) is 0 Å². The summed E-state index contributed by atoms with van der Waals surface area (Å²) in [6.45, 7) is 8.67. The van der Waals surface area contributed by atoms with Crippen molar-refractivity contribution in [3.63, 3.8) is 0 Å². The zero-order chi connectivity index (χ0) is 16.2. The summed E-state index contributed by atoms with van der Waals surface area (Å²) < 4.78 is 0. The van der Waals surface area contributed by atoms with Crippen molar-refractivity contribution in [2.45, 2.75) is 40.5 Å². The lowest BCUT2D eigenvalue weighted by molar-refractivity contribution is 1.11. The van der Waals surface area contributed by atoms with E-state index in [9.17, 15) is 0 Å². The molecule has 116 valence electrons. The molecule has 2 aromatic carbocycles. The molecule has 0 atom stereocenters. The summed E-state index contributed by atoms with van der Waals surface area (Å²) in [6.07, 6.45) is 6.71. The van der Waals surface area contributed by atoms with Crippen LogP contribution in [0.15, 0.2) is 71.8 Å². The Hall–Kier alpha value is -2.08. The van der Waals surface area contributed by atoms with Crippen molar-refractivity contribution in [1.82, 2.24) is 0 Å². The fraction of sp³-hybridized carbons (Fsp3) is 0.273. The van der Waals surface area contributed by atoms with Gasteiger partial charge in [0, 0.05) is 0 Å². The maximum atomic E-state index is 2.22. The molecule has 0 bridgehead atoms. The lowest BCUT2D eigenvalue weighted by Crippen LogP contribution is -1.73. The van der Waals surface area contributed by atoms with Crippen LogP contribution in [0, 0.1) is 0 Å². The molecule has 0 aliphatic carbocycles. The van der Waals surface area contributed by atoms with E-state index in [-0.39, 0.29) is 0 Å². The van der Waals surface area contributed by atoms with Crippen molar-refractivity contribution in [3.8, 4) is 0 Å². The standard InChI is InChI=1S/2C11H14/c2*1-3-10(2)9-11-7-5-4-6-8-11/h2*4-9H,3H2,1-2H3/b2*10-9+. The first-order valence-electron chi connectivity index (χ1n) is 8.10. The average Bonchev–Trinajstić information content (AvgIpc) is 2.57. The molecule has 0 unspecified atom stereocenters. The quantitative estimate of drug-likeness (QED) is 0.569. The first-order valence-corrected chi connectivity index (χ1v) is 8.10. The van der Waals surface area contributed by atoms with E-state index in [1.807, 2.05) is 12.1 Å². The van der Waals surface area contributed by atoms with Crippen LogP contribution in [0.25, 0.3) is 12.2 Å². The summed E-state index contributed by atoms with van der Waals surface area (Å²) in [4.78, 5) is 0. The van der Waals surface area contributed by atoms with E-state index < -0.39 is 0 Å². The molecule has 0 heterocycles. The maximum absolute atomic E-state index is 2.22. The Labute approximate surface area is 136 Å². The molecule has 0 aromatic heterocycles. The zero-order valence-corrected chi connectivity index (χ0v) is 14.3. The number of allylic oxidation sites excluding steroid dienone is 2. The van der Waals surface area contributed by atoms with Crippen LogP contribution in [0.5, 0.6) is 0 Å². The van der Waals surface area contributed by atoms with E-state index in [0.29, 0.717) is 0 Å². The Bertz CT molecular complexity index is 518. The van der Waals surface area contributed by atoms with Crippen molar-refractivity contribution in [3.05, 3.63) is 82.9 Å². The zero-order valence-electron chi connectivity index (χ0n) is 14.3. The number of benzene rings is 2. The molecule has 0 aliphatic rings. The van der Waals surface area contributed by atoms with Gasteiger partial charge in [-0.05, 0) is 37.8 Å². The Morgan fingerprint density at radius 3 is 1.23 bits per heavy atom. The molecule has 0 fully saturated rings. The average molecular weight is 292 g/mol.